The lowest BCUT2D eigenvalue weighted by molar-refractivity contribution is -0.137. The third-order valence-corrected chi connectivity index (χ3v) is 5.55. The number of alkyl halides is 3. The maximum atomic E-state index is 12.6. The van der Waals surface area contributed by atoms with Crippen LogP contribution < -0.4 is 5.32 Å². The lowest BCUT2D eigenvalue weighted by atomic mass is 10.1. The number of carbonyl (C=O) groups is 2. The molecule has 1 aliphatic heterocycles. The molecule has 1 fully saturated rings. The van der Waals surface area contributed by atoms with Gasteiger partial charge in [-0.1, -0.05) is 24.3 Å². The Bertz CT molecular complexity index is 846. The molecule has 0 spiro atoms. The Labute approximate surface area is 171 Å². The highest BCUT2D eigenvalue weighted by molar-refractivity contribution is 7.99. The van der Waals surface area contributed by atoms with Crippen LogP contribution in [0.1, 0.15) is 16.7 Å². The van der Waals surface area contributed by atoms with Gasteiger partial charge in [0.15, 0.2) is 0 Å². The SMILES string of the molecule is O=C(Cc1ccc(C(F)(F)F)cc1)Nc1ccc(CC(=O)N2CCSCC2)cc1. The first-order chi connectivity index (χ1) is 13.8. The summed E-state index contributed by atoms with van der Waals surface area (Å²) in [6, 6.07) is 11.6. The number of amides is 2. The molecule has 1 N–H and O–H groups in total. The number of carbonyl (C=O) groups excluding carboxylic acids is 2. The number of rotatable bonds is 5. The van der Waals surface area contributed by atoms with Crippen LogP contribution in [0.2, 0.25) is 0 Å². The van der Waals surface area contributed by atoms with E-state index in [0.29, 0.717) is 17.7 Å². The van der Waals surface area contributed by atoms with Crippen molar-refractivity contribution in [2.75, 3.05) is 29.9 Å². The summed E-state index contributed by atoms with van der Waals surface area (Å²) in [6.45, 7) is 1.56. The van der Waals surface area contributed by atoms with Crippen LogP contribution in [0.25, 0.3) is 0 Å². The van der Waals surface area contributed by atoms with Crippen molar-refractivity contribution < 1.29 is 22.8 Å². The van der Waals surface area contributed by atoms with Crippen LogP contribution in [0.5, 0.6) is 0 Å². The fourth-order valence-electron chi connectivity index (χ4n) is 3.01. The number of hydrogen-bond donors (Lipinski definition) is 1. The minimum absolute atomic E-state index is 0.0225. The molecule has 0 aromatic heterocycles. The molecule has 29 heavy (non-hydrogen) atoms. The second-order valence-corrected chi connectivity index (χ2v) is 8.01. The number of hydrogen-bond acceptors (Lipinski definition) is 3. The van der Waals surface area contributed by atoms with Gasteiger partial charge in [-0.25, -0.2) is 0 Å². The Balaban J connectivity index is 1.51. The third kappa shape index (κ3) is 6.25. The number of anilines is 1. The van der Waals surface area contributed by atoms with Crippen LogP contribution in [-0.4, -0.2) is 41.3 Å². The van der Waals surface area contributed by atoms with Gasteiger partial charge in [0.2, 0.25) is 11.8 Å². The first-order valence-electron chi connectivity index (χ1n) is 9.22. The van der Waals surface area contributed by atoms with Crippen LogP contribution in [0, 0.1) is 0 Å². The monoisotopic (exact) mass is 422 g/mol. The van der Waals surface area contributed by atoms with E-state index in [0.717, 1.165) is 42.3 Å². The maximum Gasteiger partial charge on any atom is 0.416 e. The van der Waals surface area contributed by atoms with Crippen LogP contribution in [-0.2, 0) is 28.6 Å². The summed E-state index contributed by atoms with van der Waals surface area (Å²) < 4.78 is 37.7. The van der Waals surface area contributed by atoms with Crippen LogP contribution in [0.4, 0.5) is 18.9 Å². The summed E-state index contributed by atoms with van der Waals surface area (Å²) in [5, 5.41) is 2.72. The van der Waals surface area contributed by atoms with Gasteiger partial charge in [-0.3, -0.25) is 9.59 Å². The zero-order valence-corrected chi connectivity index (χ0v) is 16.5. The molecule has 2 aromatic rings. The second-order valence-electron chi connectivity index (χ2n) is 6.79. The van der Waals surface area contributed by atoms with Gasteiger partial charge in [-0.05, 0) is 35.4 Å². The minimum Gasteiger partial charge on any atom is -0.341 e. The number of thioether (sulfide) groups is 1. The van der Waals surface area contributed by atoms with E-state index in [1.54, 1.807) is 24.3 Å². The number of benzene rings is 2. The van der Waals surface area contributed by atoms with E-state index in [-0.39, 0.29) is 18.2 Å². The number of nitrogens with zero attached hydrogens (tertiary/aromatic N) is 1. The van der Waals surface area contributed by atoms with E-state index in [4.69, 9.17) is 0 Å². The summed E-state index contributed by atoms with van der Waals surface area (Å²) in [5.74, 6) is 1.72. The van der Waals surface area contributed by atoms with E-state index >= 15 is 0 Å². The molecule has 0 atom stereocenters. The average molecular weight is 422 g/mol. The Hall–Kier alpha value is -2.48. The normalized spacial score (nSPS) is 14.5. The molecule has 0 unspecified atom stereocenters. The Kier molecular flexibility index (Phi) is 6.84. The molecular formula is C21H21F3N2O2S. The molecule has 2 amide bonds. The summed E-state index contributed by atoms with van der Waals surface area (Å²) >= 11 is 1.85. The van der Waals surface area contributed by atoms with E-state index in [2.05, 4.69) is 5.32 Å². The van der Waals surface area contributed by atoms with Crippen LogP contribution in [0.3, 0.4) is 0 Å². The fraction of sp³-hybridized carbons (Fsp3) is 0.333. The van der Waals surface area contributed by atoms with Gasteiger partial charge < -0.3 is 10.2 Å². The molecule has 154 valence electrons. The van der Waals surface area contributed by atoms with Gasteiger partial charge in [0.25, 0.3) is 0 Å². The first-order valence-corrected chi connectivity index (χ1v) is 10.4. The highest BCUT2D eigenvalue weighted by atomic mass is 32.2. The zero-order chi connectivity index (χ0) is 20.9. The van der Waals surface area contributed by atoms with Gasteiger partial charge in [-0.2, -0.15) is 24.9 Å². The molecule has 0 aliphatic carbocycles. The quantitative estimate of drug-likeness (QED) is 0.792. The van der Waals surface area contributed by atoms with E-state index < -0.39 is 11.7 Å². The van der Waals surface area contributed by atoms with Crippen molar-refractivity contribution in [3.05, 3.63) is 65.2 Å². The second kappa shape index (κ2) is 9.35. The van der Waals surface area contributed by atoms with E-state index in [1.807, 2.05) is 16.7 Å². The number of nitrogens with one attached hydrogen (secondary N) is 1. The molecule has 0 bridgehead atoms. The molecule has 8 heteroatoms. The van der Waals surface area contributed by atoms with Crippen LogP contribution in [0.15, 0.2) is 48.5 Å². The molecule has 4 nitrogen and oxygen atoms in total. The largest absolute Gasteiger partial charge is 0.416 e. The van der Waals surface area contributed by atoms with Crippen LogP contribution >= 0.6 is 11.8 Å². The third-order valence-electron chi connectivity index (χ3n) is 4.60. The van der Waals surface area contributed by atoms with Crippen molar-refractivity contribution in [3.8, 4) is 0 Å². The summed E-state index contributed by atoms with van der Waals surface area (Å²) in [7, 11) is 0. The number of halogens is 3. The van der Waals surface area contributed by atoms with Gasteiger partial charge in [-0.15, -0.1) is 0 Å². The van der Waals surface area contributed by atoms with Crippen molar-refractivity contribution in [2.24, 2.45) is 0 Å². The molecule has 0 saturated carbocycles. The minimum atomic E-state index is -4.39. The van der Waals surface area contributed by atoms with Crippen molar-refractivity contribution in [3.63, 3.8) is 0 Å². The molecule has 1 aliphatic rings. The molecule has 1 saturated heterocycles. The topological polar surface area (TPSA) is 49.4 Å². The average Bonchev–Trinajstić information content (AvgIpc) is 2.70. The van der Waals surface area contributed by atoms with Gasteiger partial charge in [0, 0.05) is 30.3 Å². The zero-order valence-electron chi connectivity index (χ0n) is 15.7. The molecular weight excluding hydrogens is 401 g/mol. The highest BCUT2D eigenvalue weighted by Gasteiger charge is 2.30. The summed E-state index contributed by atoms with van der Waals surface area (Å²) in [6.07, 6.45) is -4.09. The molecule has 1 heterocycles. The summed E-state index contributed by atoms with van der Waals surface area (Å²) in [5.41, 5.74) is 1.20. The lowest BCUT2D eigenvalue weighted by Crippen LogP contribution is -2.38. The van der Waals surface area contributed by atoms with Crippen molar-refractivity contribution in [2.45, 2.75) is 19.0 Å². The van der Waals surface area contributed by atoms with Gasteiger partial charge in [0.1, 0.15) is 0 Å². The Morgan fingerprint density at radius 1 is 0.897 bits per heavy atom. The summed E-state index contributed by atoms with van der Waals surface area (Å²) in [4.78, 5) is 26.3. The standard InChI is InChI=1S/C21H21F3N2O2S/c22-21(23,24)17-5-1-15(2-6-17)13-19(27)25-18-7-3-16(4-8-18)14-20(28)26-9-11-29-12-10-26/h1-8H,9-14H2,(H,25,27). The predicted octanol–water partition coefficient (Wildman–Crippen LogP) is 4.00. The smallest absolute Gasteiger partial charge is 0.341 e. The lowest BCUT2D eigenvalue weighted by Gasteiger charge is -2.26. The maximum absolute atomic E-state index is 12.6. The van der Waals surface area contributed by atoms with Gasteiger partial charge in [0.05, 0.1) is 18.4 Å². The molecule has 3 rings (SSSR count). The van der Waals surface area contributed by atoms with E-state index in [9.17, 15) is 22.8 Å². The fourth-order valence-corrected chi connectivity index (χ4v) is 3.91. The Morgan fingerprint density at radius 3 is 2.03 bits per heavy atom. The highest BCUT2D eigenvalue weighted by Crippen LogP contribution is 2.29. The van der Waals surface area contributed by atoms with Crippen molar-refractivity contribution >= 4 is 29.3 Å². The van der Waals surface area contributed by atoms with E-state index in [1.165, 1.54) is 12.1 Å². The predicted molar refractivity (Wildman–Crippen MR) is 108 cm³/mol. The Morgan fingerprint density at radius 2 is 1.45 bits per heavy atom. The van der Waals surface area contributed by atoms with Crippen molar-refractivity contribution in [1.82, 2.24) is 4.90 Å². The molecule has 0 radical (unpaired) electrons. The first kappa shape index (κ1) is 21.2. The molecule has 2 aromatic carbocycles. The van der Waals surface area contributed by atoms with Gasteiger partial charge >= 0.3 is 6.18 Å². The van der Waals surface area contributed by atoms with Crippen molar-refractivity contribution in [1.29, 1.82) is 0 Å².